The van der Waals surface area contributed by atoms with Gasteiger partial charge in [0.25, 0.3) is 0 Å². The van der Waals surface area contributed by atoms with Crippen LogP contribution in [0.4, 0.5) is 16.6 Å². The number of aromatic nitrogens is 1. The van der Waals surface area contributed by atoms with E-state index in [1.54, 1.807) is 0 Å². The summed E-state index contributed by atoms with van der Waals surface area (Å²) in [5.74, 6) is 0.279. The summed E-state index contributed by atoms with van der Waals surface area (Å²) in [4.78, 5) is 4.48. The number of nitrogen functional groups attached to an aromatic ring is 1. The third-order valence-corrected chi connectivity index (χ3v) is 2.67. The van der Waals surface area contributed by atoms with Gasteiger partial charge in [-0.05, 0) is 12.1 Å². The molecule has 1 heterocycles. The molecular formula is C10H8N4S. The van der Waals surface area contributed by atoms with Crippen LogP contribution < -0.4 is 11.1 Å². The second-order valence-electron chi connectivity index (χ2n) is 2.84. The van der Waals surface area contributed by atoms with Crippen molar-refractivity contribution in [2.24, 2.45) is 0 Å². The molecule has 1 aromatic carbocycles. The second-order valence-corrected chi connectivity index (χ2v) is 3.84. The van der Waals surface area contributed by atoms with Gasteiger partial charge >= 0.3 is 0 Å². The van der Waals surface area contributed by atoms with Gasteiger partial charge in [0.15, 0.2) is 10.9 Å². The predicted octanol–water partition coefficient (Wildman–Crippen LogP) is 2.34. The number of benzene rings is 1. The van der Waals surface area contributed by atoms with Gasteiger partial charge in [-0.1, -0.05) is 29.5 Å². The zero-order valence-electron chi connectivity index (χ0n) is 7.77. The monoisotopic (exact) mass is 216 g/mol. The molecule has 0 saturated heterocycles. The molecule has 0 aliphatic heterocycles. The number of thiazole rings is 1. The van der Waals surface area contributed by atoms with E-state index in [0.717, 1.165) is 5.69 Å². The zero-order valence-corrected chi connectivity index (χ0v) is 8.58. The van der Waals surface area contributed by atoms with Crippen LogP contribution in [0.5, 0.6) is 0 Å². The highest BCUT2D eigenvalue weighted by Crippen LogP contribution is 2.26. The molecule has 3 N–H and O–H groups in total. The molecule has 74 valence electrons. The first-order valence-corrected chi connectivity index (χ1v) is 5.09. The predicted molar refractivity (Wildman–Crippen MR) is 61.0 cm³/mol. The molecule has 15 heavy (non-hydrogen) atoms. The number of rotatable bonds is 2. The Labute approximate surface area is 91.0 Å². The Morgan fingerprint density at radius 3 is 2.67 bits per heavy atom. The quantitative estimate of drug-likeness (QED) is 0.808. The van der Waals surface area contributed by atoms with Crippen molar-refractivity contribution in [3.63, 3.8) is 0 Å². The molecule has 2 aromatic rings. The first-order valence-electron chi connectivity index (χ1n) is 4.28. The van der Waals surface area contributed by atoms with Crippen LogP contribution in [0.3, 0.4) is 0 Å². The molecule has 4 nitrogen and oxygen atoms in total. The van der Waals surface area contributed by atoms with Crippen molar-refractivity contribution in [1.82, 2.24) is 4.98 Å². The maximum absolute atomic E-state index is 8.71. The summed E-state index contributed by atoms with van der Waals surface area (Å²) in [7, 11) is 0. The molecule has 0 amide bonds. The van der Waals surface area contributed by atoms with Crippen LogP contribution in [0.2, 0.25) is 0 Å². The maximum Gasteiger partial charge on any atom is 0.190 e. The molecule has 0 fully saturated rings. The SMILES string of the molecule is N#Cc1sc(Nc2ccccc2)nc1N. The lowest BCUT2D eigenvalue weighted by molar-refractivity contribution is 1.38. The van der Waals surface area contributed by atoms with Gasteiger partial charge in [0.05, 0.1) is 0 Å². The van der Waals surface area contributed by atoms with Gasteiger partial charge in [-0.25, -0.2) is 4.98 Å². The van der Waals surface area contributed by atoms with Crippen molar-refractivity contribution in [2.45, 2.75) is 0 Å². The second kappa shape index (κ2) is 3.98. The molecule has 0 unspecified atom stereocenters. The number of nitrogens with two attached hydrogens (primary N) is 1. The molecule has 0 spiro atoms. The van der Waals surface area contributed by atoms with Crippen LogP contribution in [0.25, 0.3) is 0 Å². The van der Waals surface area contributed by atoms with Crippen LogP contribution >= 0.6 is 11.3 Å². The lowest BCUT2D eigenvalue weighted by atomic mass is 10.3. The van der Waals surface area contributed by atoms with E-state index in [1.165, 1.54) is 11.3 Å². The highest BCUT2D eigenvalue weighted by atomic mass is 32.1. The largest absolute Gasteiger partial charge is 0.382 e. The van der Waals surface area contributed by atoms with Gasteiger partial charge in [0.2, 0.25) is 0 Å². The topological polar surface area (TPSA) is 74.7 Å². The first kappa shape index (κ1) is 9.49. The van der Waals surface area contributed by atoms with Gasteiger partial charge in [-0.3, -0.25) is 0 Å². The van der Waals surface area contributed by atoms with Crippen LogP contribution in [-0.4, -0.2) is 4.98 Å². The van der Waals surface area contributed by atoms with Gasteiger partial charge < -0.3 is 11.1 Å². The van der Waals surface area contributed by atoms with E-state index in [0.29, 0.717) is 10.0 Å². The molecular weight excluding hydrogens is 208 g/mol. The Morgan fingerprint density at radius 1 is 1.33 bits per heavy atom. The number of anilines is 3. The summed E-state index contributed by atoms with van der Waals surface area (Å²) in [6, 6.07) is 11.6. The van der Waals surface area contributed by atoms with Crippen molar-refractivity contribution in [1.29, 1.82) is 5.26 Å². The highest BCUT2D eigenvalue weighted by molar-refractivity contribution is 7.16. The lowest BCUT2D eigenvalue weighted by Crippen LogP contribution is -1.90. The Hall–Kier alpha value is -2.06. The van der Waals surface area contributed by atoms with Crippen molar-refractivity contribution in [3.05, 3.63) is 35.2 Å². The van der Waals surface area contributed by atoms with E-state index in [4.69, 9.17) is 11.0 Å². The summed E-state index contributed by atoms with van der Waals surface area (Å²) in [5.41, 5.74) is 6.47. The Kier molecular flexibility index (Phi) is 2.52. The Balaban J connectivity index is 2.23. The normalized spacial score (nSPS) is 9.53. The smallest absolute Gasteiger partial charge is 0.190 e. The van der Waals surface area contributed by atoms with Crippen LogP contribution in [0.1, 0.15) is 4.88 Å². The molecule has 0 radical (unpaired) electrons. The van der Waals surface area contributed by atoms with Gasteiger partial charge in [-0.2, -0.15) is 5.26 Å². The Morgan fingerprint density at radius 2 is 2.07 bits per heavy atom. The third-order valence-electron chi connectivity index (χ3n) is 1.78. The molecule has 2 rings (SSSR count). The number of nitrogens with one attached hydrogen (secondary N) is 1. The number of hydrogen-bond acceptors (Lipinski definition) is 5. The fourth-order valence-corrected chi connectivity index (χ4v) is 1.81. The number of hydrogen-bond donors (Lipinski definition) is 2. The summed E-state index contributed by atoms with van der Waals surface area (Å²) in [6.07, 6.45) is 0. The van der Waals surface area contributed by atoms with E-state index in [9.17, 15) is 0 Å². The number of para-hydroxylation sites is 1. The van der Waals surface area contributed by atoms with Crippen molar-refractivity contribution >= 4 is 28.0 Å². The van der Waals surface area contributed by atoms with E-state index in [1.807, 2.05) is 36.4 Å². The van der Waals surface area contributed by atoms with Gasteiger partial charge in [0, 0.05) is 5.69 Å². The van der Waals surface area contributed by atoms with Gasteiger partial charge in [0.1, 0.15) is 10.9 Å². The van der Waals surface area contributed by atoms with Crippen molar-refractivity contribution in [3.8, 4) is 6.07 Å². The van der Waals surface area contributed by atoms with E-state index in [2.05, 4.69) is 10.3 Å². The van der Waals surface area contributed by atoms with E-state index in [-0.39, 0.29) is 5.82 Å². The summed E-state index contributed by atoms with van der Waals surface area (Å²) in [5, 5.41) is 12.4. The maximum atomic E-state index is 8.71. The minimum Gasteiger partial charge on any atom is -0.382 e. The molecule has 0 saturated carbocycles. The van der Waals surface area contributed by atoms with Crippen LogP contribution in [0.15, 0.2) is 30.3 Å². The number of nitriles is 1. The zero-order chi connectivity index (χ0) is 10.7. The molecule has 0 aliphatic carbocycles. The fraction of sp³-hybridized carbons (Fsp3) is 0. The van der Waals surface area contributed by atoms with Crippen LogP contribution in [-0.2, 0) is 0 Å². The average molecular weight is 216 g/mol. The average Bonchev–Trinajstić information content (AvgIpc) is 2.60. The van der Waals surface area contributed by atoms with E-state index < -0.39 is 0 Å². The summed E-state index contributed by atoms with van der Waals surface area (Å²) < 4.78 is 0. The first-order chi connectivity index (χ1) is 7.29. The standard InChI is InChI=1S/C10H8N4S/c11-6-8-9(12)14-10(15-8)13-7-4-2-1-3-5-7/h1-5H,12H2,(H,13,14). The summed E-state index contributed by atoms with van der Waals surface area (Å²) >= 11 is 1.25. The molecule has 0 bridgehead atoms. The van der Waals surface area contributed by atoms with Crippen molar-refractivity contribution < 1.29 is 0 Å². The summed E-state index contributed by atoms with van der Waals surface area (Å²) in [6.45, 7) is 0. The van der Waals surface area contributed by atoms with Crippen LogP contribution in [0, 0.1) is 11.3 Å². The fourth-order valence-electron chi connectivity index (χ4n) is 1.11. The minimum absolute atomic E-state index is 0.279. The Bertz CT molecular complexity index is 498. The van der Waals surface area contributed by atoms with Gasteiger partial charge in [-0.15, -0.1) is 0 Å². The minimum atomic E-state index is 0.279. The third kappa shape index (κ3) is 2.06. The highest BCUT2D eigenvalue weighted by Gasteiger charge is 2.06. The molecule has 0 atom stereocenters. The van der Waals surface area contributed by atoms with E-state index >= 15 is 0 Å². The lowest BCUT2D eigenvalue weighted by Gasteiger charge is -1.99. The number of nitrogens with zero attached hydrogens (tertiary/aromatic N) is 2. The molecule has 0 aliphatic rings. The van der Waals surface area contributed by atoms with Crippen molar-refractivity contribution in [2.75, 3.05) is 11.1 Å². The molecule has 1 aromatic heterocycles. The molecule has 5 heteroatoms.